The molecule has 0 aliphatic rings. The van der Waals surface area contributed by atoms with Gasteiger partial charge in [-0.2, -0.15) is 4.79 Å². The number of hydrogen-bond acceptors (Lipinski definition) is 2. The van der Waals surface area contributed by atoms with E-state index in [1.54, 1.807) is 6.92 Å². The molecule has 0 radical (unpaired) electrons. The number of benzene rings is 1. The van der Waals surface area contributed by atoms with E-state index in [0.717, 1.165) is 19.1 Å². The van der Waals surface area contributed by atoms with Gasteiger partial charge in [-0.25, -0.2) is 5.06 Å². The van der Waals surface area contributed by atoms with E-state index in [2.05, 4.69) is 16.9 Å². The van der Waals surface area contributed by atoms with Gasteiger partial charge in [0, 0.05) is 6.54 Å². The molecule has 0 aliphatic heterocycles. The first kappa shape index (κ1) is 15.1. The second-order valence-corrected chi connectivity index (χ2v) is 4.22. The average Bonchev–Trinajstić information content (AvgIpc) is 2.44. The summed E-state index contributed by atoms with van der Waals surface area (Å²) in [6, 6.07) is 10.1. The minimum atomic E-state index is -0.462. The summed E-state index contributed by atoms with van der Waals surface area (Å²) >= 11 is 0. The summed E-state index contributed by atoms with van der Waals surface area (Å²) in [6.45, 7) is 4.11. The number of hydrogen-bond donors (Lipinski definition) is 0. The van der Waals surface area contributed by atoms with Crippen molar-refractivity contribution in [1.29, 1.82) is 0 Å². The van der Waals surface area contributed by atoms with Crippen LogP contribution in [-0.4, -0.2) is 34.6 Å². The van der Waals surface area contributed by atoms with Crippen molar-refractivity contribution in [1.82, 2.24) is 5.06 Å². The van der Waals surface area contributed by atoms with Crippen molar-refractivity contribution < 1.29 is 14.4 Å². The molecular weight excluding hydrogens is 242 g/mol. The van der Waals surface area contributed by atoms with Crippen molar-refractivity contribution in [3.05, 3.63) is 41.4 Å². The average molecular weight is 261 g/mol. The largest absolute Gasteiger partial charge is 0.361 e. The lowest BCUT2D eigenvalue weighted by Gasteiger charge is -2.21. The van der Waals surface area contributed by atoms with E-state index < -0.39 is 5.91 Å². The van der Waals surface area contributed by atoms with Gasteiger partial charge in [-0.15, -0.1) is 0 Å². The minimum Gasteiger partial charge on any atom is -0.361 e. The van der Waals surface area contributed by atoms with Gasteiger partial charge in [-0.1, -0.05) is 30.3 Å². The highest BCUT2D eigenvalue weighted by Gasteiger charge is 2.17. The Labute approximate surface area is 113 Å². The summed E-state index contributed by atoms with van der Waals surface area (Å²) in [4.78, 5) is 19.7. The fourth-order valence-corrected chi connectivity index (χ4v) is 1.68. The molecule has 0 saturated carbocycles. The highest BCUT2D eigenvalue weighted by Crippen LogP contribution is 2.08. The van der Waals surface area contributed by atoms with Gasteiger partial charge in [0.2, 0.25) is 0 Å². The first-order chi connectivity index (χ1) is 9.17. The number of carbonyl (C=O) groups excluding carboxylic acids is 1. The first-order valence-corrected chi connectivity index (χ1v) is 6.37. The summed E-state index contributed by atoms with van der Waals surface area (Å²) in [7, 11) is 0. The third kappa shape index (κ3) is 5.46. The van der Waals surface area contributed by atoms with E-state index >= 15 is 0 Å². The third-order valence-corrected chi connectivity index (χ3v) is 2.69. The van der Waals surface area contributed by atoms with Crippen LogP contribution in [0.3, 0.4) is 0 Å². The number of carbonyl (C=O) groups is 1. The van der Waals surface area contributed by atoms with Gasteiger partial charge in [0.1, 0.15) is 0 Å². The molecule has 1 unspecified atom stereocenters. The highest BCUT2D eigenvalue weighted by molar-refractivity contribution is 6.23. The molecule has 102 valence electrons. The lowest BCUT2D eigenvalue weighted by atomic mass is 10.1. The maximum absolute atomic E-state index is 11.5. The fourth-order valence-electron chi connectivity index (χ4n) is 1.68. The lowest BCUT2D eigenvalue weighted by Crippen LogP contribution is -2.35. The highest BCUT2D eigenvalue weighted by atomic mass is 16.7. The molecule has 0 N–H and O–H groups in total. The molecule has 1 aromatic carbocycles. The van der Waals surface area contributed by atoms with Gasteiger partial charge in [0.25, 0.3) is 0 Å². The van der Waals surface area contributed by atoms with Crippen molar-refractivity contribution >= 4 is 12.1 Å². The Balaban J connectivity index is 2.43. The molecule has 1 aromatic rings. The van der Waals surface area contributed by atoms with Crippen molar-refractivity contribution in [3.63, 3.8) is 0 Å². The van der Waals surface area contributed by atoms with Gasteiger partial charge in [0.05, 0.1) is 6.10 Å². The van der Waals surface area contributed by atoms with Gasteiger partial charge in [-0.05, 0) is 32.3 Å². The van der Waals surface area contributed by atoms with Crippen LogP contribution in [0.2, 0.25) is 0 Å². The van der Waals surface area contributed by atoms with E-state index in [0.29, 0.717) is 6.54 Å². The van der Waals surface area contributed by atoms with Crippen LogP contribution in [-0.2, 0) is 16.1 Å². The standard InChI is InChI=1S/C14H19N3O2/c1-3-17(14(18)11-16-15)19-12(2)9-10-13-7-5-4-6-8-13/h4-8,11-12H,3,9-10H2,1-2H3. The van der Waals surface area contributed by atoms with Crippen molar-refractivity contribution in [2.75, 3.05) is 6.54 Å². The molecule has 0 fully saturated rings. The molecule has 1 amide bonds. The molecule has 19 heavy (non-hydrogen) atoms. The number of aryl methyl sites for hydroxylation is 1. The van der Waals surface area contributed by atoms with E-state index in [-0.39, 0.29) is 6.10 Å². The van der Waals surface area contributed by atoms with Crippen LogP contribution in [0, 0.1) is 0 Å². The Kier molecular flexibility index (Phi) is 6.50. The molecule has 0 heterocycles. The van der Waals surface area contributed by atoms with E-state index in [1.807, 2.05) is 25.1 Å². The molecule has 0 aromatic heterocycles. The van der Waals surface area contributed by atoms with E-state index in [4.69, 9.17) is 10.4 Å². The van der Waals surface area contributed by atoms with Crippen LogP contribution in [0.15, 0.2) is 30.3 Å². The Morgan fingerprint density at radius 2 is 2.16 bits per heavy atom. The molecule has 1 atom stereocenters. The van der Waals surface area contributed by atoms with Crippen molar-refractivity contribution in [2.24, 2.45) is 0 Å². The summed E-state index contributed by atoms with van der Waals surface area (Å²) < 4.78 is 0. The normalized spacial score (nSPS) is 11.5. The SMILES string of the molecule is CCN(OC(C)CCc1ccccc1)C(=O)C=[N+]=[N-]. The van der Waals surface area contributed by atoms with Crippen molar-refractivity contribution in [3.8, 4) is 0 Å². The third-order valence-electron chi connectivity index (χ3n) is 2.69. The van der Waals surface area contributed by atoms with Crippen LogP contribution in [0.5, 0.6) is 0 Å². The van der Waals surface area contributed by atoms with E-state index in [1.165, 1.54) is 10.6 Å². The maximum atomic E-state index is 11.5. The molecule has 0 bridgehead atoms. The Bertz CT molecular complexity index is 441. The van der Waals surface area contributed by atoms with Crippen LogP contribution in [0.1, 0.15) is 25.8 Å². The molecule has 1 rings (SSSR count). The Hall–Kier alpha value is -1.97. The summed E-state index contributed by atoms with van der Waals surface area (Å²) in [6.07, 6.45) is 2.44. The lowest BCUT2D eigenvalue weighted by molar-refractivity contribution is -0.197. The summed E-state index contributed by atoms with van der Waals surface area (Å²) in [5.74, 6) is -0.462. The zero-order valence-electron chi connectivity index (χ0n) is 11.3. The van der Waals surface area contributed by atoms with Crippen LogP contribution >= 0.6 is 0 Å². The van der Waals surface area contributed by atoms with Crippen LogP contribution in [0.25, 0.3) is 5.53 Å². The Morgan fingerprint density at radius 1 is 1.47 bits per heavy atom. The first-order valence-electron chi connectivity index (χ1n) is 6.37. The molecule has 5 nitrogen and oxygen atoms in total. The Morgan fingerprint density at radius 3 is 2.74 bits per heavy atom. The van der Waals surface area contributed by atoms with Gasteiger partial charge in [0.15, 0.2) is 0 Å². The van der Waals surface area contributed by atoms with Gasteiger partial charge < -0.3 is 5.53 Å². The topological polar surface area (TPSA) is 65.9 Å². The molecule has 0 saturated heterocycles. The zero-order valence-corrected chi connectivity index (χ0v) is 11.3. The van der Waals surface area contributed by atoms with Crippen LogP contribution < -0.4 is 0 Å². The minimum absolute atomic E-state index is 0.0869. The summed E-state index contributed by atoms with van der Waals surface area (Å²) in [5.41, 5.74) is 9.57. The molecule has 0 spiro atoms. The number of amides is 1. The quantitative estimate of drug-likeness (QED) is 0.326. The zero-order chi connectivity index (χ0) is 14.1. The second kappa shape index (κ2) is 8.19. The summed E-state index contributed by atoms with van der Waals surface area (Å²) in [5, 5.41) is 1.19. The molecule has 5 heteroatoms. The molecular formula is C14H19N3O2. The molecule has 0 aliphatic carbocycles. The fraction of sp³-hybridized carbons (Fsp3) is 0.429. The predicted octanol–water partition coefficient (Wildman–Crippen LogP) is 2.09. The van der Waals surface area contributed by atoms with Gasteiger partial charge >= 0.3 is 12.1 Å². The number of hydroxylamine groups is 2. The monoisotopic (exact) mass is 261 g/mol. The second-order valence-electron chi connectivity index (χ2n) is 4.22. The predicted molar refractivity (Wildman–Crippen MR) is 72.4 cm³/mol. The van der Waals surface area contributed by atoms with Crippen molar-refractivity contribution in [2.45, 2.75) is 32.8 Å². The van der Waals surface area contributed by atoms with Gasteiger partial charge in [-0.3, -0.25) is 9.63 Å². The smallest absolute Gasteiger partial charge is 0.351 e. The van der Waals surface area contributed by atoms with E-state index in [9.17, 15) is 4.79 Å². The number of rotatable bonds is 7. The maximum Gasteiger partial charge on any atom is 0.351 e. The number of nitrogens with zero attached hydrogens (tertiary/aromatic N) is 3. The van der Waals surface area contributed by atoms with Crippen LogP contribution in [0.4, 0.5) is 0 Å².